The number of β-amino-alcohol motifs (C(OH)–C–C–N with tert-alkyl or cyclic N) is 1. The fourth-order valence-electron chi connectivity index (χ4n) is 4.31. The van der Waals surface area contributed by atoms with Crippen LogP contribution in [0.3, 0.4) is 0 Å². The minimum Gasteiger partial charge on any atom is -0.390 e. The molecule has 0 saturated carbocycles. The molecule has 8 nitrogen and oxygen atoms in total. The molecule has 3 aromatic rings. The Balaban J connectivity index is 1.75. The number of aromatic nitrogens is 4. The van der Waals surface area contributed by atoms with Crippen LogP contribution in [0.2, 0.25) is 0 Å². The molecule has 30 heavy (non-hydrogen) atoms. The Labute approximate surface area is 175 Å². The summed E-state index contributed by atoms with van der Waals surface area (Å²) in [5, 5.41) is 10.8. The Bertz CT molecular complexity index is 1140. The summed E-state index contributed by atoms with van der Waals surface area (Å²) in [6.07, 6.45) is 3.44. The largest absolute Gasteiger partial charge is 0.390 e. The van der Waals surface area contributed by atoms with Crippen molar-refractivity contribution in [2.24, 2.45) is 14.1 Å². The van der Waals surface area contributed by atoms with Gasteiger partial charge in [-0.05, 0) is 31.5 Å². The quantitative estimate of drug-likeness (QED) is 0.651. The molecule has 1 N–H and O–H groups in total. The average Bonchev–Trinajstić information content (AvgIpc) is 3.10. The summed E-state index contributed by atoms with van der Waals surface area (Å²) in [6.45, 7) is 2.82. The number of aryl methyl sites for hydroxylation is 1. The van der Waals surface area contributed by atoms with Crippen LogP contribution in [0.4, 0.5) is 0 Å². The van der Waals surface area contributed by atoms with Gasteiger partial charge in [-0.1, -0.05) is 36.8 Å². The zero-order valence-corrected chi connectivity index (χ0v) is 17.6. The second kappa shape index (κ2) is 8.57. The number of rotatable bonds is 6. The maximum Gasteiger partial charge on any atom is 0.332 e. The number of fused-ring (bicyclic) bond motifs is 1. The number of benzene rings is 1. The van der Waals surface area contributed by atoms with Crippen molar-refractivity contribution in [3.63, 3.8) is 0 Å². The van der Waals surface area contributed by atoms with Gasteiger partial charge in [0.15, 0.2) is 11.2 Å². The lowest BCUT2D eigenvalue weighted by Gasteiger charge is -2.28. The molecule has 0 spiro atoms. The average molecular weight is 412 g/mol. The summed E-state index contributed by atoms with van der Waals surface area (Å²) in [6, 6.07) is 9.88. The van der Waals surface area contributed by atoms with E-state index in [1.54, 1.807) is 11.6 Å². The molecule has 8 heteroatoms. The fourth-order valence-corrected chi connectivity index (χ4v) is 4.31. The minimum atomic E-state index is -0.628. The molecule has 0 bridgehead atoms. The summed E-state index contributed by atoms with van der Waals surface area (Å²) >= 11 is 0. The molecule has 0 amide bonds. The summed E-state index contributed by atoms with van der Waals surface area (Å²) < 4.78 is 4.31. The van der Waals surface area contributed by atoms with E-state index in [1.165, 1.54) is 18.0 Å². The minimum absolute atomic E-state index is 0.266. The van der Waals surface area contributed by atoms with Crippen molar-refractivity contribution >= 4 is 11.2 Å². The number of likely N-dealkylation sites (tertiary alicyclic amines) is 1. The molecule has 1 saturated heterocycles. The van der Waals surface area contributed by atoms with Crippen molar-refractivity contribution in [1.29, 1.82) is 0 Å². The molecule has 0 aliphatic carbocycles. The molecular weight excluding hydrogens is 382 g/mol. The van der Waals surface area contributed by atoms with Gasteiger partial charge in [-0.15, -0.1) is 0 Å². The van der Waals surface area contributed by atoms with E-state index in [9.17, 15) is 14.7 Å². The van der Waals surface area contributed by atoms with E-state index in [0.717, 1.165) is 36.1 Å². The number of piperidine rings is 1. The van der Waals surface area contributed by atoms with Gasteiger partial charge in [0.05, 0.1) is 12.6 Å². The highest BCUT2D eigenvalue weighted by Gasteiger charge is 2.22. The van der Waals surface area contributed by atoms with Crippen molar-refractivity contribution in [1.82, 2.24) is 23.6 Å². The SMILES string of the molecule is Cn1c(=O)c2c(nc(Cc3ccccc3)n2C[C@@H](O)CN2CCCCC2)n(C)c1=O. The number of aliphatic hydroxyl groups is 1. The maximum atomic E-state index is 13.0. The van der Waals surface area contributed by atoms with Crippen LogP contribution in [-0.2, 0) is 27.1 Å². The van der Waals surface area contributed by atoms with E-state index in [1.807, 2.05) is 30.3 Å². The first-order valence-corrected chi connectivity index (χ1v) is 10.5. The maximum absolute atomic E-state index is 13.0. The van der Waals surface area contributed by atoms with Crippen molar-refractivity contribution in [2.75, 3.05) is 19.6 Å². The van der Waals surface area contributed by atoms with Gasteiger partial charge in [0.2, 0.25) is 0 Å². The lowest BCUT2D eigenvalue weighted by Crippen LogP contribution is -2.39. The summed E-state index contributed by atoms with van der Waals surface area (Å²) in [7, 11) is 3.10. The zero-order valence-electron chi connectivity index (χ0n) is 17.6. The topological polar surface area (TPSA) is 85.3 Å². The number of nitrogens with zero attached hydrogens (tertiary/aromatic N) is 5. The summed E-state index contributed by atoms with van der Waals surface area (Å²) in [5.41, 5.74) is 0.992. The highest BCUT2D eigenvalue weighted by molar-refractivity contribution is 5.71. The van der Waals surface area contributed by atoms with Gasteiger partial charge in [0.25, 0.3) is 5.56 Å². The van der Waals surface area contributed by atoms with E-state index >= 15 is 0 Å². The van der Waals surface area contributed by atoms with Crippen LogP contribution in [0.1, 0.15) is 30.7 Å². The highest BCUT2D eigenvalue weighted by Crippen LogP contribution is 2.17. The van der Waals surface area contributed by atoms with Crippen molar-refractivity contribution in [3.05, 3.63) is 62.6 Å². The van der Waals surface area contributed by atoms with Crippen molar-refractivity contribution < 1.29 is 5.11 Å². The predicted molar refractivity (Wildman–Crippen MR) is 116 cm³/mol. The fraction of sp³-hybridized carbons (Fsp3) is 0.500. The van der Waals surface area contributed by atoms with Gasteiger partial charge in [-0.3, -0.25) is 13.9 Å². The van der Waals surface area contributed by atoms with E-state index in [2.05, 4.69) is 9.88 Å². The van der Waals surface area contributed by atoms with Crippen LogP contribution in [0.5, 0.6) is 0 Å². The zero-order chi connectivity index (χ0) is 21.3. The van der Waals surface area contributed by atoms with Gasteiger partial charge in [0, 0.05) is 27.1 Å². The second-order valence-electron chi connectivity index (χ2n) is 8.19. The Morgan fingerprint density at radius 1 is 1.00 bits per heavy atom. The molecule has 1 aliphatic heterocycles. The monoisotopic (exact) mass is 411 g/mol. The first-order valence-electron chi connectivity index (χ1n) is 10.5. The molecule has 0 radical (unpaired) electrons. The first-order chi connectivity index (χ1) is 14.5. The molecule has 160 valence electrons. The Kier molecular flexibility index (Phi) is 5.87. The molecule has 1 aliphatic rings. The van der Waals surface area contributed by atoms with Gasteiger partial charge in [0.1, 0.15) is 5.82 Å². The third-order valence-corrected chi connectivity index (χ3v) is 5.94. The van der Waals surface area contributed by atoms with Crippen LogP contribution >= 0.6 is 0 Å². The normalized spacial score (nSPS) is 16.2. The molecule has 1 atom stereocenters. The third-order valence-electron chi connectivity index (χ3n) is 5.94. The molecule has 3 heterocycles. The van der Waals surface area contributed by atoms with Gasteiger partial charge < -0.3 is 14.6 Å². The van der Waals surface area contributed by atoms with E-state index < -0.39 is 11.8 Å². The first kappa shape index (κ1) is 20.6. The van der Waals surface area contributed by atoms with Crippen molar-refractivity contribution in [3.8, 4) is 0 Å². The molecule has 1 aromatic carbocycles. The van der Waals surface area contributed by atoms with Gasteiger partial charge >= 0.3 is 5.69 Å². The summed E-state index contributed by atoms with van der Waals surface area (Å²) in [4.78, 5) is 32.3. The molecule has 4 rings (SSSR count). The van der Waals surface area contributed by atoms with Crippen LogP contribution in [-0.4, -0.2) is 54.4 Å². The lowest BCUT2D eigenvalue weighted by atomic mass is 10.1. The number of hydrogen-bond acceptors (Lipinski definition) is 5. The van der Waals surface area contributed by atoms with Crippen LogP contribution in [0, 0.1) is 0 Å². The third kappa shape index (κ3) is 3.97. The second-order valence-corrected chi connectivity index (χ2v) is 8.19. The summed E-state index contributed by atoms with van der Waals surface area (Å²) in [5.74, 6) is 0.673. The Morgan fingerprint density at radius 2 is 1.70 bits per heavy atom. The Morgan fingerprint density at radius 3 is 2.40 bits per heavy atom. The van der Waals surface area contributed by atoms with Crippen molar-refractivity contribution in [2.45, 2.75) is 38.3 Å². The van der Waals surface area contributed by atoms with Gasteiger partial charge in [-0.25, -0.2) is 9.78 Å². The van der Waals surface area contributed by atoms with E-state index in [4.69, 9.17) is 0 Å². The molecular formula is C22H29N5O3. The number of aliphatic hydroxyl groups excluding tert-OH is 1. The van der Waals surface area contributed by atoms with Crippen LogP contribution in [0.25, 0.3) is 11.2 Å². The highest BCUT2D eigenvalue weighted by atomic mass is 16.3. The predicted octanol–water partition coefficient (Wildman–Crippen LogP) is 0.871. The van der Waals surface area contributed by atoms with Crippen LogP contribution < -0.4 is 11.2 Å². The molecule has 1 fully saturated rings. The lowest BCUT2D eigenvalue weighted by molar-refractivity contribution is 0.0885. The van der Waals surface area contributed by atoms with Gasteiger partial charge in [-0.2, -0.15) is 0 Å². The molecule has 2 aromatic heterocycles. The van der Waals surface area contributed by atoms with E-state index in [0.29, 0.717) is 30.0 Å². The smallest absolute Gasteiger partial charge is 0.332 e. The number of hydrogen-bond donors (Lipinski definition) is 1. The van der Waals surface area contributed by atoms with E-state index in [-0.39, 0.29) is 12.1 Å². The Hall–Kier alpha value is -2.71. The molecule has 0 unspecified atom stereocenters. The van der Waals surface area contributed by atoms with Crippen LogP contribution in [0.15, 0.2) is 39.9 Å². The standard InChI is InChI=1S/C22H29N5O3/c1-24-20-19(21(29)25(2)22(24)30)27(15-17(28)14-26-11-7-4-8-12-26)18(23-20)13-16-9-5-3-6-10-16/h3,5-6,9-10,17,28H,4,7-8,11-15H2,1-2H3/t17-/m0/s1. The number of imidazole rings is 1.